The number of aliphatic hydroxyl groups excluding tert-OH is 1. The van der Waals surface area contributed by atoms with Crippen molar-refractivity contribution in [2.75, 3.05) is 20.3 Å². The Hall–Kier alpha value is -2.37. The van der Waals surface area contributed by atoms with Gasteiger partial charge in [-0.3, -0.25) is 0 Å². The van der Waals surface area contributed by atoms with Gasteiger partial charge in [-0.05, 0) is 47.7 Å². The summed E-state index contributed by atoms with van der Waals surface area (Å²) in [5, 5.41) is 12.3. The predicted octanol–water partition coefficient (Wildman–Crippen LogP) is 3.82. The van der Waals surface area contributed by atoms with E-state index in [4.69, 9.17) is 14.6 Å². The average Bonchev–Trinajstić information content (AvgIpc) is 2.69. The second-order valence-corrected chi connectivity index (χ2v) is 7.80. The lowest BCUT2D eigenvalue weighted by atomic mass is 9.86. The van der Waals surface area contributed by atoms with Gasteiger partial charge in [0.25, 0.3) is 0 Å². The highest BCUT2D eigenvalue weighted by atomic mass is 16.5. The van der Waals surface area contributed by atoms with E-state index in [-0.39, 0.29) is 18.0 Å². The Bertz CT molecular complexity index is 763. The van der Waals surface area contributed by atoms with Crippen molar-refractivity contribution in [3.8, 4) is 5.75 Å². The predicted molar refractivity (Wildman–Crippen MR) is 111 cm³/mol. The third-order valence-corrected chi connectivity index (χ3v) is 4.52. The number of hydrogen-bond donors (Lipinski definition) is 2. The monoisotopic (exact) mass is 385 g/mol. The van der Waals surface area contributed by atoms with Gasteiger partial charge in [0.1, 0.15) is 12.4 Å². The van der Waals surface area contributed by atoms with E-state index in [1.165, 1.54) is 12.7 Å². The number of rotatable bonds is 9. The molecule has 0 aliphatic carbocycles. The van der Waals surface area contributed by atoms with Gasteiger partial charge < -0.3 is 19.9 Å². The molecule has 0 fully saturated rings. The molecule has 0 saturated heterocycles. The molecule has 0 amide bonds. The lowest BCUT2D eigenvalue weighted by Crippen LogP contribution is -2.18. The maximum Gasteiger partial charge on any atom is 0.337 e. The van der Waals surface area contributed by atoms with Gasteiger partial charge in [0.05, 0.1) is 12.7 Å². The Morgan fingerprint density at radius 2 is 1.82 bits per heavy atom. The van der Waals surface area contributed by atoms with Crippen molar-refractivity contribution in [2.24, 2.45) is 0 Å². The van der Waals surface area contributed by atoms with Gasteiger partial charge in [-0.2, -0.15) is 0 Å². The van der Waals surface area contributed by atoms with E-state index < -0.39 is 0 Å². The smallest absolute Gasteiger partial charge is 0.337 e. The lowest BCUT2D eigenvalue weighted by molar-refractivity contribution is 0.0600. The molecular formula is C23H31NO4. The maximum absolute atomic E-state index is 11.5. The zero-order valence-corrected chi connectivity index (χ0v) is 17.2. The fourth-order valence-electron chi connectivity index (χ4n) is 2.77. The van der Waals surface area contributed by atoms with Gasteiger partial charge in [0, 0.05) is 18.7 Å². The van der Waals surface area contributed by atoms with Crippen LogP contribution in [-0.2, 0) is 23.3 Å². The molecule has 0 saturated carbocycles. The van der Waals surface area contributed by atoms with E-state index in [2.05, 4.69) is 38.2 Å². The molecule has 0 aliphatic heterocycles. The van der Waals surface area contributed by atoms with Gasteiger partial charge in [-0.1, -0.05) is 45.0 Å². The summed E-state index contributed by atoms with van der Waals surface area (Å²) in [5.41, 5.74) is 3.90. The standard InChI is InChI=1S/C23H31NO4/c1-23(2,3)20-10-11-21(19(14-20)15-24-12-5-13-25)28-16-17-6-8-18(9-7-17)22(26)27-4/h6-11,14,24-25H,5,12-13,15-16H2,1-4H3. The molecule has 5 heteroatoms. The van der Waals surface area contributed by atoms with Crippen LogP contribution in [0.1, 0.15) is 54.2 Å². The molecule has 0 aromatic heterocycles. The summed E-state index contributed by atoms with van der Waals surface area (Å²) in [6, 6.07) is 13.5. The molecule has 5 nitrogen and oxygen atoms in total. The molecular weight excluding hydrogens is 354 g/mol. The first-order valence-electron chi connectivity index (χ1n) is 9.60. The third kappa shape index (κ3) is 6.36. The van der Waals surface area contributed by atoms with Crippen LogP contribution in [0.5, 0.6) is 5.75 Å². The molecule has 0 aliphatic rings. The number of methoxy groups -OCH3 is 1. The lowest BCUT2D eigenvalue weighted by Gasteiger charge is -2.22. The maximum atomic E-state index is 11.5. The molecule has 2 aromatic rings. The number of carbonyl (C=O) groups is 1. The number of aliphatic hydroxyl groups is 1. The van der Waals surface area contributed by atoms with Crippen LogP contribution in [0.3, 0.4) is 0 Å². The first-order chi connectivity index (χ1) is 13.3. The summed E-state index contributed by atoms with van der Waals surface area (Å²) in [4.78, 5) is 11.5. The molecule has 2 N–H and O–H groups in total. The minimum Gasteiger partial charge on any atom is -0.489 e. The number of carbonyl (C=O) groups excluding carboxylic acids is 1. The van der Waals surface area contributed by atoms with Crippen molar-refractivity contribution in [1.29, 1.82) is 0 Å². The minimum atomic E-state index is -0.346. The van der Waals surface area contributed by atoms with Crippen molar-refractivity contribution < 1.29 is 19.4 Å². The van der Waals surface area contributed by atoms with Crippen LogP contribution in [0.25, 0.3) is 0 Å². The van der Waals surface area contributed by atoms with E-state index in [1.807, 2.05) is 18.2 Å². The Labute approximate surface area is 167 Å². The van der Waals surface area contributed by atoms with Gasteiger partial charge in [-0.25, -0.2) is 4.79 Å². The highest BCUT2D eigenvalue weighted by molar-refractivity contribution is 5.89. The highest BCUT2D eigenvalue weighted by Crippen LogP contribution is 2.28. The SMILES string of the molecule is COC(=O)c1ccc(COc2ccc(C(C)(C)C)cc2CNCCCO)cc1. The van der Waals surface area contributed by atoms with E-state index in [1.54, 1.807) is 12.1 Å². The molecule has 28 heavy (non-hydrogen) atoms. The summed E-state index contributed by atoms with van der Waals surface area (Å²) in [6.07, 6.45) is 0.724. The summed E-state index contributed by atoms with van der Waals surface area (Å²) in [6.45, 7) is 8.60. The first kappa shape index (κ1) is 21.9. The Morgan fingerprint density at radius 3 is 2.43 bits per heavy atom. The van der Waals surface area contributed by atoms with Crippen LogP contribution in [0.15, 0.2) is 42.5 Å². The van der Waals surface area contributed by atoms with Gasteiger partial charge in [0.2, 0.25) is 0 Å². The number of esters is 1. The second-order valence-electron chi connectivity index (χ2n) is 7.80. The molecule has 2 rings (SSSR count). The van der Waals surface area contributed by atoms with Crippen LogP contribution in [-0.4, -0.2) is 31.3 Å². The number of ether oxygens (including phenoxy) is 2. The topological polar surface area (TPSA) is 67.8 Å². The first-order valence-corrected chi connectivity index (χ1v) is 9.60. The van der Waals surface area contributed by atoms with Crippen LogP contribution < -0.4 is 10.1 Å². The molecule has 0 unspecified atom stereocenters. The number of benzene rings is 2. The highest BCUT2D eigenvalue weighted by Gasteiger charge is 2.16. The van der Waals surface area contributed by atoms with E-state index in [0.717, 1.165) is 29.8 Å². The Kier molecular flexibility index (Phi) is 8.03. The zero-order chi connectivity index (χ0) is 20.6. The number of hydrogen-bond acceptors (Lipinski definition) is 5. The summed E-state index contributed by atoms with van der Waals surface area (Å²) >= 11 is 0. The molecule has 0 atom stereocenters. The summed E-state index contributed by atoms with van der Waals surface area (Å²) in [5.74, 6) is 0.489. The molecule has 0 heterocycles. The molecule has 152 valence electrons. The van der Waals surface area contributed by atoms with Crippen LogP contribution >= 0.6 is 0 Å². The van der Waals surface area contributed by atoms with E-state index in [9.17, 15) is 4.79 Å². The molecule has 0 radical (unpaired) electrons. The Morgan fingerprint density at radius 1 is 1.11 bits per heavy atom. The molecule has 0 bridgehead atoms. The summed E-state index contributed by atoms with van der Waals surface area (Å²) < 4.78 is 10.8. The largest absolute Gasteiger partial charge is 0.489 e. The van der Waals surface area contributed by atoms with Crippen molar-refractivity contribution in [2.45, 2.75) is 45.8 Å². The summed E-state index contributed by atoms with van der Waals surface area (Å²) in [7, 11) is 1.37. The normalized spacial score (nSPS) is 11.3. The van der Waals surface area contributed by atoms with Gasteiger partial charge in [0.15, 0.2) is 0 Å². The quantitative estimate of drug-likeness (QED) is 0.507. The van der Waals surface area contributed by atoms with Crippen molar-refractivity contribution >= 4 is 5.97 Å². The average molecular weight is 386 g/mol. The van der Waals surface area contributed by atoms with Crippen LogP contribution in [0.2, 0.25) is 0 Å². The fourth-order valence-corrected chi connectivity index (χ4v) is 2.77. The molecule has 0 spiro atoms. The van der Waals surface area contributed by atoms with Crippen molar-refractivity contribution in [3.05, 3.63) is 64.7 Å². The number of nitrogens with one attached hydrogen (secondary N) is 1. The third-order valence-electron chi connectivity index (χ3n) is 4.52. The van der Waals surface area contributed by atoms with Crippen molar-refractivity contribution in [3.63, 3.8) is 0 Å². The zero-order valence-electron chi connectivity index (χ0n) is 17.2. The fraction of sp³-hybridized carbons (Fsp3) is 0.435. The van der Waals surface area contributed by atoms with Crippen LogP contribution in [0, 0.1) is 0 Å². The minimum absolute atomic E-state index is 0.0576. The van der Waals surface area contributed by atoms with Crippen LogP contribution in [0.4, 0.5) is 0 Å². The second kappa shape index (κ2) is 10.2. The van der Waals surface area contributed by atoms with E-state index >= 15 is 0 Å². The Balaban J connectivity index is 2.10. The van der Waals surface area contributed by atoms with Crippen molar-refractivity contribution in [1.82, 2.24) is 5.32 Å². The van der Waals surface area contributed by atoms with Gasteiger partial charge >= 0.3 is 5.97 Å². The van der Waals surface area contributed by atoms with E-state index in [0.29, 0.717) is 18.7 Å². The van der Waals surface area contributed by atoms with Gasteiger partial charge in [-0.15, -0.1) is 0 Å². The molecule has 2 aromatic carbocycles.